The van der Waals surface area contributed by atoms with Gasteiger partial charge in [-0.1, -0.05) is 48.0 Å². The van der Waals surface area contributed by atoms with Gasteiger partial charge in [0.2, 0.25) is 11.4 Å². The Kier molecular flexibility index (Phi) is 3.53. The largest absolute Gasteiger partial charge is 0.370 e. The topological polar surface area (TPSA) is 57.6 Å². The lowest BCUT2D eigenvalue weighted by molar-refractivity contribution is -0.173. The molecule has 1 heterocycles. The summed E-state index contributed by atoms with van der Waals surface area (Å²) in [6.45, 7) is 1.65. The molecule has 0 radical (unpaired) electrons. The van der Waals surface area contributed by atoms with Gasteiger partial charge in [0.1, 0.15) is 0 Å². The Labute approximate surface area is 137 Å². The zero-order valence-corrected chi connectivity index (χ0v) is 13.1. The van der Waals surface area contributed by atoms with Crippen molar-refractivity contribution in [1.82, 2.24) is 0 Å². The fourth-order valence-electron chi connectivity index (χ4n) is 2.94. The Bertz CT molecular complexity index is 835. The highest BCUT2D eigenvalue weighted by atomic mass is 19.3. The standard InChI is InChI=1S/C18H15F2NO3/c1-11-8-9-14-13(10-11)17(24,16(23)21(14)2)18(19,20)15(22)12-6-4-3-5-7-12/h3-10,24H,1-2H3/t17-/m0/s1. The summed E-state index contributed by atoms with van der Waals surface area (Å²) in [6.07, 6.45) is 0. The number of alkyl halides is 2. The van der Waals surface area contributed by atoms with Crippen molar-refractivity contribution in [2.45, 2.75) is 18.4 Å². The molecule has 24 heavy (non-hydrogen) atoms. The molecule has 1 aliphatic heterocycles. The summed E-state index contributed by atoms with van der Waals surface area (Å²) in [7, 11) is 1.29. The van der Waals surface area contributed by atoms with Crippen LogP contribution in [0.4, 0.5) is 14.5 Å². The van der Waals surface area contributed by atoms with Crippen molar-refractivity contribution in [3.05, 3.63) is 65.2 Å². The van der Waals surface area contributed by atoms with Crippen molar-refractivity contribution in [3.8, 4) is 0 Å². The van der Waals surface area contributed by atoms with Gasteiger partial charge in [-0.25, -0.2) is 0 Å². The monoisotopic (exact) mass is 331 g/mol. The summed E-state index contributed by atoms with van der Waals surface area (Å²) >= 11 is 0. The lowest BCUT2D eigenvalue weighted by Gasteiger charge is -2.30. The second-order valence-electron chi connectivity index (χ2n) is 5.86. The van der Waals surface area contributed by atoms with Crippen LogP contribution in [-0.4, -0.2) is 29.8 Å². The minimum Gasteiger partial charge on any atom is -0.370 e. The van der Waals surface area contributed by atoms with E-state index in [0.717, 1.165) is 4.90 Å². The fourth-order valence-corrected chi connectivity index (χ4v) is 2.94. The van der Waals surface area contributed by atoms with Crippen LogP contribution in [0, 0.1) is 6.92 Å². The van der Waals surface area contributed by atoms with Gasteiger partial charge in [-0.2, -0.15) is 8.78 Å². The van der Waals surface area contributed by atoms with Crippen LogP contribution in [0.15, 0.2) is 48.5 Å². The average molecular weight is 331 g/mol. The first kappa shape index (κ1) is 16.3. The number of hydrogen-bond acceptors (Lipinski definition) is 3. The average Bonchev–Trinajstić information content (AvgIpc) is 2.77. The molecule has 0 fully saturated rings. The first-order valence-corrected chi connectivity index (χ1v) is 7.30. The molecule has 4 nitrogen and oxygen atoms in total. The summed E-state index contributed by atoms with van der Waals surface area (Å²) in [5.41, 5.74) is -3.00. The number of likely N-dealkylation sites (N-methyl/N-ethyl adjacent to an activating group) is 1. The minimum absolute atomic E-state index is 0.161. The van der Waals surface area contributed by atoms with Gasteiger partial charge in [-0.15, -0.1) is 0 Å². The first-order valence-electron chi connectivity index (χ1n) is 7.30. The van der Waals surface area contributed by atoms with E-state index in [4.69, 9.17) is 0 Å². The molecule has 2 aromatic carbocycles. The summed E-state index contributed by atoms with van der Waals surface area (Å²) < 4.78 is 30.0. The van der Waals surface area contributed by atoms with E-state index in [-0.39, 0.29) is 16.8 Å². The van der Waals surface area contributed by atoms with Crippen LogP contribution in [-0.2, 0) is 10.4 Å². The molecule has 6 heteroatoms. The third kappa shape index (κ3) is 1.99. The van der Waals surface area contributed by atoms with Crippen molar-refractivity contribution >= 4 is 17.4 Å². The van der Waals surface area contributed by atoms with Gasteiger partial charge in [0.05, 0.1) is 5.69 Å². The highest BCUT2D eigenvalue weighted by Crippen LogP contribution is 2.49. The van der Waals surface area contributed by atoms with Crippen LogP contribution in [0.25, 0.3) is 0 Å². The SMILES string of the molecule is Cc1ccc2c(c1)[C@@](O)(C(F)(F)C(=O)c1ccccc1)C(=O)N2C. The summed E-state index contributed by atoms with van der Waals surface area (Å²) in [5, 5.41) is 10.7. The molecule has 2 aromatic rings. The molecule has 1 aliphatic rings. The summed E-state index contributed by atoms with van der Waals surface area (Å²) in [5.74, 6) is -7.13. The van der Waals surface area contributed by atoms with Gasteiger partial charge < -0.3 is 10.0 Å². The van der Waals surface area contributed by atoms with E-state index in [2.05, 4.69) is 0 Å². The van der Waals surface area contributed by atoms with Gasteiger partial charge in [-0.3, -0.25) is 9.59 Å². The normalized spacial score (nSPS) is 20.2. The number of nitrogens with zero attached hydrogens (tertiary/aromatic N) is 1. The van der Waals surface area contributed by atoms with Crippen LogP contribution >= 0.6 is 0 Å². The first-order chi connectivity index (χ1) is 11.2. The van der Waals surface area contributed by atoms with Crippen LogP contribution in [0.2, 0.25) is 0 Å². The number of halogens is 2. The second-order valence-corrected chi connectivity index (χ2v) is 5.86. The maximum absolute atomic E-state index is 15.0. The van der Waals surface area contributed by atoms with E-state index in [1.807, 2.05) is 0 Å². The molecule has 0 aromatic heterocycles. The molecular weight excluding hydrogens is 316 g/mol. The summed E-state index contributed by atoms with van der Waals surface area (Å²) in [6, 6.07) is 11.3. The smallest absolute Gasteiger partial charge is 0.351 e. The molecule has 1 amide bonds. The molecule has 0 aliphatic carbocycles. The number of rotatable bonds is 3. The number of carbonyl (C=O) groups is 2. The maximum Gasteiger partial charge on any atom is 0.351 e. The maximum atomic E-state index is 15.0. The predicted octanol–water partition coefficient (Wildman–Crippen LogP) is 2.68. The van der Waals surface area contributed by atoms with Gasteiger partial charge in [0.25, 0.3) is 5.91 Å². The molecule has 0 bridgehead atoms. The highest BCUT2D eigenvalue weighted by Gasteiger charge is 2.68. The van der Waals surface area contributed by atoms with Crippen molar-refractivity contribution in [1.29, 1.82) is 0 Å². The number of benzene rings is 2. The number of aryl methyl sites for hydroxylation is 1. The number of fused-ring (bicyclic) bond motifs is 1. The molecule has 0 unspecified atom stereocenters. The lowest BCUT2D eigenvalue weighted by atomic mass is 9.83. The van der Waals surface area contributed by atoms with Crippen LogP contribution in [0.1, 0.15) is 21.5 Å². The Morgan fingerprint density at radius 3 is 2.42 bits per heavy atom. The minimum atomic E-state index is -4.31. The van der Waals surface area contributed by atoms with Crippen molar-refractivity contribution < 1.29 is 23.5 Å². The molecule has 3 rings (SSSR count). The van der Waals surface area contributed by atoms with E-state index >= 15 is 0 Å². The molecule has 1 atom stereocenters. The Morgan fingerprint density at radius 2 is 1.79 bits per heavy atom. The second kappa shape index (κ2) is 5.21. The number of carbonyl (C=O) groups excluding carboxylic acids is 2. The molecule has 0 spiro atoms. The lowest BCUT2D eigenvalue weighted by Crippen LogP contribution is -2.56. The van der Waals surface area contributed by atoms with E-state index < -0.39 is 23.2 Å². The predicted molar refractivity (Wildman–Crippen MR) is 84.2 cm³/mol. The highest BCUT2D eigenvalue weighted by molar-refractivity contribution is 6.13. The third-order valence-electron chi connectivity index (χ3n) is 4.29. The van der Waals surface area contributed by atoms with Crippen LogP contribution < -0.4 is 4.90 Å². The van der Waals surface area contributed by atoms with Gasteiger partial charge in [-0.05, 0) is 13.0 Å². The Morgan fingerprint density at radius 1 is 1.17 bits per heavy atom. The number of ketones is 1. The molecule has 1 N–H and O–H groups in total. The summed E-state index contributed by atoms with van der Waals surface area (Å²) in [4.78, 5) is 25.7. The molecule has 0 saturated carbocycles. The molecular formula is C18H15F2NO3. The van der Waals surface area contributed by atoms with Gasteiger partial charge >= 0.3 is 5.92 Å². The number of hydrogen-bond donors (Lipinski definition) is 1. The number of amides is 1. The van der Waals surface area contributed by atoms with Gasteiger partial charge in [0, 0.05) is 18.2 Å². The van der Waals surface area contributed by atoms with Crippen molar-refractivity contribution in [2.75, 3.05) is 11.9 Å². The Hall–Kier alpha value is -2.60. The Balaban J connectivity index is 2.18. The zero-order chi connectivity index (χ0) is 17.7. The van der Waals surface area contributed by atoms with Crippen LogP contribution in [0.5, 0.6) is 0 Å². The quantitative estimate of drug-likeness (QED) is 0.880. The third-order valence-corrected chi connectivity index (χ3v) is 4.29. The van der Waals surface area contributed by atoms with E-state index in [0.29, 0.717) is 5.56 Å². The van der Waals surface area contributed by atoms with E-state index in [1.54, 1.807) is 19.1 Å². The number of anilines is 1. The molecule has 124 valence electrons. The number of Topliss-reactive ketones (excluding diaryl/α,β-unsaturated/α-hetero) is 1. The van der Waals surface area contributed by atoms with Crippen molar-refractivity contribution in [3.63, 3.8) is 0 Å². The molecule has 0 saturated heterocycles. The van der Waals surface area contributed by atoms with Crippen LogP contribution in [0.3, 0.4) is 0 Å². The fraction of sp³-hybridized carbons (Fsp3) is 0.222. The zero-order valence-electron chi connectivity index (χ0n) is 13.1. The van der Waals surface area contributed by atoms with E-state index in [9.17, 15) is 23.5 Å². The van der Waals surface area contributed by atoms with E-state index in [1.165, 1.54) is 43.4 Å². The van der Waals surface area contributed by atoms with Gasteiger partial charge in [0.15, 0.2) is 0 Å². The number of aliphatic hydroxyl groups is 1. The van der Waals surface area contributed by atoms with Crippen molar-refractivity contribution in [2.24, 2.45) is 0 Å².